The Labute approximate surface area is 93.1 Å². The molecule has 0 radical (unpaired) electrons. The maximum absolute atomic E-state index is 11.3. The highest BCUT2D eigenvalue weighted by Gasteiger charge is 2.17. The van der Waals surface area contributed by atoms with Crippen LogP contribution in [0.25, 0.3) is 10.4 Å². The molecule has 7 heteroatoms. The average molecular weight is 226 g/mol. The molecular formula is C9H14N4O3. The van der Waals surface area contributed by atoms with Crippen LogP contribution < -0.4 is 0 Å². The lowest BCUT2D eigenvalue weighted by Crippen LogP contribution is -2.21. The third kappa shape index (κ3) is 6.59. The van der Waals surface area contributed by atoms with E-state index in [2.05, 4.69) is 15.0 Å². The number of ether oxygens (including phenoxy) is 1. The molecule has 0 saturated carbocycles. The van der Waals surface area contributed by atoms with Gasteiger partial charge in [0.15, 0.2) is 6.04 Å². The van der Waals surface area contributed by atoms with Crippen LogP contribution in [0.15, 0.2) is 10.1 Å². The van der Waals surface area contributed by atoms with Crippen molar-refractivity contribution < 1.29 is 14.3 Å². The molecule has 0 aromatic carbocycles. The van der Waals surface area contributed by atoms with Gasteiger partial charge in [0.1, 0.15) is 0 Å². The van der Waals surface area contributed by atoms with E-state index in [-0.39, 0.29) is 6.61 Å². The molecule has 0 spiro atoms. The van der Waals surface area contributed by atoms with Gasteiger partial charge >= 0.3 is 5.97 Å². The largest absolute Gasteiger partial charge is 0.464 e. The molecule has 1 atom stereocenters. The van der Waals surface area contributed by atoms with Crippen molar-refractivity contribution in [1.82, 2.24) is 0 Å². The Balaban J connectivity index is 3.98. The Morgan fingerprint density at radius 3 is 2.88 bits per heavy atom. The van der Waals surface area contributed by atoms with E-state index < -0.39 is 12.0 Å². The van der Waals surface area contributed by atoms with Crippen molar-refractivity contribution in [3.63, 3.8) is 0 Å². The standard InChI is InChI=1S/C9H14N4O3/c1-2-16-9(15)8(11-7-14)5-3-4-6-12-13-10/h8H,2-6H2,1H3/t8-/m0/s1. The fourth-order valence-electron chi connectivity index (χ4n) is 1.10. The van der Waals surface area contributed by atoms with E-state index in [1.165, 1.54) is 6.08 Å². The molecule has 0 N–H and O–H groups in total. The summed E-state index contributed by atoms with van der Waals surface area (Å²) in [5.41, 5.74) is 8.03. The summed E-state index contributed by atoms with van der Waals surface area (Å²) in [5.74, 6) is -0.519. The van der Waals surface area contributed by atoms with Gasteiger partial charge in [-0.25, -0.2) is 9.59 Å². The summed E-state index contributed by atoms with van der Waals surface area (Å²) < 4.78 is 4.74. The Hall–Kier alpha value is -1.84. The number of isocyanates is 1. The minimum atomic E-state index is -0.788. The van der Waals surface area contributed by atoms with E-state index in [1.807, 2.05) is 0 Å². The Morgan fingerprint density at radius 2 is 2.31 bits per heavy atom. The van der Waals surface area contributed by atoms with Crippen LogP contribution in [0.4, 0.5) is 0 Å². The van der Waals surface area contributed by atoms with Gasteiger partial charge in [-0.15, -0.1) is 0 Å². The minimum Gasteiger partial charge on any atom is -0.464 e. The van der Waals surface area contributed by atoms with Crippen LogP contribution in [0, 0.1) is 0 Å². The van der Waals surface area contributed by atoms with Crippen molar-refractivity contribution in [2.24, 2.45) is 10.1 Å². The number of carbonyl (C=O) groups excluding carboxylic acids is 2. The van der Waals surface area contributed by atoms with Gasteiger partial charge < -0.3 is 4.74 Å². The molecule has 7 nitrogen and oxygen atoms in total. The Bertz CT molecular complexity index is 306. The van der Waals surface area contributed by atoms with E-state index in [1.54, 1.807) is 6.92 Å². The smallest absolute Gasteiger partial charge is 0.331 e. The van der Waals surface area contributed by atoms with Gasteiger partial charge in [-0.1, -0.05) is 11.5 Å². The monoisotopic (exact) mass is 226 g/mol. The number of unbranched alkanes of at least 4 members (excludes halogenated alkanes) is 1. The molecule has 0 unspecified atom stereocenters. The molecule has 0 heterocycles. The highest BCUT2D eigenvalue weighted by atomic mass is 16.5. The van der Waals surface area contributed by atoms with Gasteiger partial charge in [0.25, 0.3) is 0 Å². The second-order valence-corrected chi connectivity index (χ2v) is 2.94. The number of carbonyl (C=O) groups is 1. The molecular weight excluding hydrogens is 212 g/mol. The van der Waals surface area contributed by atoms with Crippen molar-refractivity contribution in [2.75, 3.05) is 13.2 Å². The molecule has 0 bridgehead atoms. The molecule has 0 aliphatic carbocycles. The van der Waals surface area contributed by atoms with Crippen LogP contribution in [0.2, 0.25) is 0 Å². The van der Waals surface area contributed by atoms with Crippen molar-refractivity contribution in [3.05, 3.63) is 10.4 Å². The predicted molar refractivity (Wildman–Crippen MR) is 56.4 cm³/mol. The Morgan fingerprint density at radius 1 is 1.56 bits per heavy atom. The topological polar surface area (TPSA) is 104 Å². The molecule has 0 aliphatic rings. The van der Waals surface area contributed by atoms with Gasteiger partial charge in [0.2, 0.25) is 6.08 Å². The first-order valence-corrected chi connectivity index (χ1v) is 5.00. The van der Waals surface area contributed by atoms with Crippen molar-refractivity contribution >= 4 is 12.0 Å². The zero-order valence-electron chi connectivity index (χ0n) is 9.13. The minimum absolute atomic E-state index is 0.252. The molecule has 16 heavy (non-hydrogen) atoms. The van der Waals surface area contributed by atoms with E-state index >= 15 is 0 Å². The van der Waals surface area contributed by atoms with E-state index in [9.17, 15) is 9.59 Å². The van der Waals surface area contributed by atoms with Crippen LogP contribution in [-0.2, 0) is 14.3 Å². The van der Waals surface area contributed by atoms with Crippen LogP contribution in [0.1, 0.15) is 26.2 Å². The van der Waals surface area contributed by atoms with Gasteiger partial charge in [-0.05, 0) is 25.3 Å². The molecule has 0 aliphatic heterocycles. The first-order chi connectivity index (χ1) is 7.76. The number of nitrogens with zero attached hydrogens (tertiary/aromatic N) is 4. The molecule has 0 amide bonds. The zero-order chi connectivity index (χ0) is 12.2. The predicted octanol–water partition coefficient (Wildman–Crippen LogP) is 1.73. The summed E-state index contributed by atoms with van der Waals surface area (Å²) in [4.78, 5) is 27.3. The summed E-state index contributed by atoms with van der Waals surface area (Å²) >= 11 is 0. The zero-order valence-corrected chi connectivity index (χ0v) is 9.13. The summed E-state index contributed by atoms with van der Waals surface area (Å²) in [5, 5.41) is 3.35. The molecule has 88 valence electrons. The highest BCUT2D eigenvalue weighted by Crippen LogP contribution is 2.06. The SMILES string of the molecule is CCOC(=O)[C@H](CCCCN=[N+]=[N-])N=C=O. The maximum Gasteiger partial charge on any atom is 0.331 e. The average Bonchev–Trinajstić information content (AvgIpc) is 2.27. The fourth-order valence-corrected chi connectivity index (χ4v) is 1.10. The summed E-state index contributed by atoms with van der Waals surface area (Å²) in [6.45, 7) is 2.31. The third-order valence-corrected chi connectivity index (χ3v) is 1.82. The maximum atomic E-state index is 11.3. The summed E-state index contributed by atoms with van der Waals surface area (Å²) in [7, 11) is 0. The van der Waals surface area contributed by atoms with Crippen LogP contribution >= 0.6 is 0 Å². The number of rotatable bonds is 8. The molecule has 0 aromatic heterocycles. The van der Waals surface area contributed by atoms with Gasteiger partial charge in [-0.3, -0.25) is 0 Å². The van der Waals surface area contributed by atoms with Crippen molar-refractivity contribution in [2.45, 2.75) is 32.2 Å². The molecule has 0 aromatic rings. The van der Waals surface area contributed by atoms with Crippen LogP contribution in [0.5, 0.6) is 0 Å². The lowest BCUT2D eigenvalue weighted by atomic mass is 10.1. The number of hydrogen-bond acceptors (Lipinski definition) is 5. The van der Waals surface area contributed by atoms with Gasteiger partial charge in [-0.2, -0.15) is 4.99 Å². The molecule has 0 rings (SSSR count). The summed E-state index contributed by atoms with van der Waals surface area (Å²) in [6.07, 6.45) is 3.03. The fraction of sp³-hybridized carbons (Fsp3) is 0.778. The van der Waals surface area contributed by atoms with Crippen molar-refractivity contribution in [1.29, 1.82) is 0 Å². The summed E-state index contributed by atoms with van der Waals surface area (Å²) in [6, 6.07) is -0.788. The first kappa shape index (κ1) is 14.2. The number of azide groups is 1. The quantitative estimate of drug-likeness (QED) is 0.120. The van der Waals surface area contributed by atoms with E-state index in [0.717, 1.165) is 0 Å². The molecule has 0 fully saturated rings. The third-order valence-electron chi connectivity index (χ3n) is 1.82. The lowest BCUT2D eigenvalue weighted by Gasteiger charge is -2.08. The van der Waals surface area contributed by atoms with E-state index in [0.29, 0.717) is 25.8 Å². The Kier molecular flexibility index (Phi) is 8.59. The molecule has 0 saturated heterocycles. The highest BCUT2D eigenvalue weighted by molar-refractivity contribution is 5.76. The van der Waals surface area contributed by atoms with Crippen LogP contribution in [0.3, 0.4) is 0 Å². The van der Waals surface area contributed by atoms with Gasteiger partial charge in [0, 0.05) is 11.5 Å². The number of aliphatic imine (C=N–C) groups is 1. The number of esters is 1. The van der Waals surface area contributed by atoms with Crippen LogP contribution in [-0.4, -0.2) is 31.2 Å². The number of hydrogen-bond donors (Lipinski definition) is 0. The second-order valence-electron chi connectivity index (χ2n) is 2.94. The van der Waals surface area contributed by atoms with E-state index in [4.69, 9.17) is 10.3 Å². The lowest BCUT2D eigenvalue weighted by molar-refractivity contribution is -0.144. The first-order valence-electron chi connectivity index (χ1n) is 5.00. The van der Waals surface area contributed by atoms with Gasteiger partial charge in [0.05, 0.1) is 6.61 Å². The normalized spacial score (nSPS) is 10.8. The van der Waals surface area contributed by atoms with Crippen molar-refractivity contribution in [3.8, 4) is 0 Å². The second kappa shape index (κ2) is 9.71.